The van der Waals surface area contributed by atoms with Gasteiger partial charge in [-0.15, -0.1) is 0 Å². The Hall–Kier alpha value is -2.87. The van der Waals surface area contributed by atoms with Crippen molar-refractivity contribution in [1.82, 2.24) is 4.98 Å². The molecule has 1 atom stereocenters. The summed E-state index contributed by atoms with van der Waals surface area (Å²) in [6, 6.07) is 2.92. The number of aromatic nitrogens is 1. The van der Waals surface area contributed by atoms with Gasteiger partial charge in [0.2, 0.25) is 0 Å². The maximum absolute atomic E-state index is 13.1. The second-order valence-electron chi connectivity index (χ2n) is 6.45. The molecule has 0 saturated carbocycles. The Balaban J connectivity index is 2.42. The van der Waals surface area contributed by atoms with Crippen molar-refractivity contribution in [2.75, 3.05) is 6.54 Å². The number of hydrogen-bond donors (Lipinski definition) is 3. The maximum atomic E-state index is 13.1. The van der Waals surface area contributed by atoms with Gasteiger partial charge in [0.25, 0.3) is 5.56 Å². The molecule has 0 spiro atoms. The summed E-state index contributed by atoms with van der Waals surface area (Å²) in [6.45, 7) is 0.214. The second kappa shape index (κ2) is 6.70. The van der Waals surface area contributed by atoms with Crippen LogP contribution in [0.5, 0.6) is 0 Å². The van der Waals surface area contributed by atoms with Crippen LogP contribution >= 0.6 is 0 Å². The fourth-order valence-electron chi connectivity index (χ4n) is 3.61. The number of fused-ring (bicyclic) bond motifs is 1. The second-order valence-corrected chi connectivity index (χ2v) is 6.45. The van der Waals surface area contributed by atoms with E-state index in [1.807, 2.05) is 6.08 Å². The van der Waals surface area contributed by atoms with E-state index in [1.165, 1.54) is 6.07 Å². The normalized spacial score (nSPS) is 19.6. The van der Waals surface area contributed by atoms with Gasteiger partial charge in [0.05, 0.1) is 5.56 Å². The Bertz CT molecular complexity index is 1020. The molecule has 1 aromatic heterocycles. The number of carboxylic acids is 1. The van der Waals surface area contributed by atoms with Crippen LogP contribution in [-0.4, -0.2) is 22.6 Å². The average Bonchev–Trinajstić information content (AvgIpc) is 2.60. The number of nitrogens with two attached hydrogens (primary N) is 1. The van der Waals surface area contributed by atoms with Crippen LogP contribution < -0.4 is 11.3 Å². The monoisotopic (exact) mass is 378 g/mol. The lowest BCUT2D eigenvalue weighted by Gasteiger charge is -2.33. The number of rotatable bonds is 4. The number of pyridine rings is 1. The van der Waals surface area contributed by atoms with E-state index in [1.54, 1.807) is 18.2 Å². The molecule has 1 heterocycles. The summed E-state index contributed by atoms with van der Waals surface area (Å²) in [7, 11) is 0. The number of aromatic amines is 1. The number of alkyl halides is 3. The van der Waals surface area contributed by atoms with Gasteiger partial charge in [0.15, 0.2) is 0 Å². The van der Waals surface area contributed by atoms with Crippen LogP contribution in [0.1, 0.15) is 34.3 Å². The van der Waals surface area contributed by atoms with Gasteiger partial charge in [-0.05, 0) is 37.1 Å². The Kier molecular flexibility index (Phi) is 4.69. The van der Waals surface area contributed by atoms with Crippen LogP contribution in [-0.2, 0) is 11.6 Å². The zero-order valence-electron chi connectivity index (χ0n) is 14.1. The summed E-state index contributed by atoms with van der Waals surface area (Å²) in [4.78, 5) is 26.6. The van der Waals surface area contributed by atoms with E-state index in [0.29, 0.717) is 12.8 Å². The fraction of sp³-hybridized carbons (Fsp3) is 0.263. The molecule has 8 heteroatoms. The van der Waals surface area contributed by atoms with Crippen molar-refractivity contribution in [2.45, 2.75) is 24.4 Å². The molecule has 0 radical (unpaired) electrons. The van der Waals surface area contributed by atoms with E-state index in [4.69, 9.17) is 5.73 Å². The van der Waals surface area contributed by atoms with E-state index >= 15 is 0 Å². The zero-order chi connectivity index (χ0) is 19.8. The first-order valence-electron chi connectivity index (χ1n) is 8.25. The molecule has 0 fully saturated rings. The van der Waals surface area contributed by atoms with E-state index in [-0.39, 0.29) is 23.0 Å². The summed E-state index contributed by atoms with van der Waals surface area (Å²) >= 11 is 0. The van der Waals surface area contributed by atoms with Crippen molar-refractivity contribution in [3.05, 3.63) is 69.5 Å². The van der Waals surface area contributed by atoms with Gasteiger partial charge in [-0.25, -0.2) is 4.79 Å². The van der Waals surface area contributed by atoms with Gasteiger partial charge in [0, 0.05) is 16.3 Å². The number of halogens is 3. The van der Waals surface area contributed by atoms with Crippen LogP contribution in [0.2, 0.25) is 0 Å². The summed E-state index contributed by atoms with van der Waals surface area (Å²) in [5, 5.41) is 9.89. The van der Waals surface area contributed by atoms with Gasteiger partial charge in [-0.2, -0.15) is 13.2 Å². The van der Waals surface area contributed by atoms with Crippen LogP contribution in [0, 0.1) is 0 Å². The van der Waals surface area contributed by atoms with Crippen molar-refractivity contribution < 1.29 is 23.1 Å². The lowest BCUT2D eigenvalue weighted by molar-refractivity contribution is -0.137. The van der Waals surface area contributed by atoms with E-state index in [9.17, 15) is 27.9 Å². The van der Waals surface area contributed by atoms with E-state index in [2.05, 4.69) is 4.98 Å². The largest absolute Gasteiger partial charge is 0.477 e. The molecular weight excluding hydrogens is 361 g/mol. The molecule has 0 saturated heterocycles. The molecule has 1 aromatic carbocycles. The quantitative estimate of drug-likeness (QED) is 0.760. The number of nitrogens with one attached hydrogen (secondary N) is 1. The minimum absolute atomic E-state index is 0.0609. The van der Waals surface area contributed by atoms with Crippen molar-refractivity contribution >= 4 is 16.9 Å². The van der Waals surface area contributed by atoms with Crippen molar-refractivity contribution in [1.29, 1.82) is 0 Å². The van der Waals surface area contributed by atoms with Crippen LogP contribution in [0.4, 0.5) is 13.2 Å². The standard InChI is InChI=1S/C19H17F3N2O3/c20-19(21,22)11-4-5-12-13(10-11)24-16(25)14(17(26)27)15(12)18(8-9-23)6-2-1-3-7-18/h1-6,10H,7-9,23H2,(H,24,25)(H,26,27). The fourth-order valence-corrected chi connectivity index (χ4v) is 3.61. The summed E-state index contributed by atoms with van der Waals surface area (Å²) in [5.41, 5.74) is 2.63. The van der Waals surface area contributed by atoms with Gasteiger partial charge in [-0.1, -0.05) is 30.4 Å². The molecule has 0 bridgehead atoms. The van der Waals surface area contributed by atoms with Crippen LogP contribution in [0.15, 0.2) is 47.3 Å². The molecule has 142 valence electrons. The molecule has 2 aromatic rings. The first kappa shape index (κ1) is 18.9. The predicted molar refractivity (Wildman–Crippen MR) is 94.8 cm³/mol. The molecule has 1 unspecified atom stereocenters. The van der Waals surface area contributed by atoms with Gasteiger partial charge >= 0.3 is 12.1 Å². The molecule has 3 rings (SSSR count). The van der Waals surface area contributed by atoms with Gasteiger partial charge in [0.1, 0.15) is 5.56 Å². The topological polar surface area (TPSA) is 96.2 Å². The lowest BCUT2D eigenvalue weighted by Crippen LogP contribution is -2.34. The van der Waals surface area contributed by atoms with Gasteiger partial charge in [-0.3, -0.25) is 4.79 Å². The number of allylic oxidation sites excluding steroid dienone is 4. The molecule has 27 heavy (non-hydrogen) atoms. The first-order valence-corrected chi connectivity index (χ1v) is 8.25. The Morgan fingerprint density at radius 1 is 1.30 bits per heavy atom. The number of aromatic carboxylic acids is 1. The average molecular weight is 378 g/mol. The zero-order valence-corrected chi connectivity index (χ0v) is 14.1. The molecule has 1 aliphatic carbocycles. The van der Waals surface area contributed by atoms with Crippen LogP contribution in [0.3, 0.4) is 0 Å². The maximum Gasteiger partial charge on any atom is 0.416 e. The molecule has 4 N–H and O–H groups in total. The third-order valence-corrected chi connectivity index (χ3v) is 4.79. The molecular formula is C19H17F3N2O3. The number of H-pyrrole nitrogens is 1. The predicted octanol–water partition coefficient (Wildman–Crippen LogP) is 3.35. The number of hydrogen-bond acceptors (Lipinski definition) is 3. The van der Waals surface area contributed by atoms with E-state index < -0.39 is 34.2 Å². The Labute approximate surface area is 152 Å². The third kappa shape index (κ3) is 3.28. The highest BCUT2D eigenvalue weighted by Gasteiger charge is 2.37. The van der Waals surface area contributed by atoms with Crippen LogP contribution in [0.25, 0.3) is 10.9 Å². The Morgan fingerprint density at radius 3 is 2.59 bits per heavy atom. The van der Waals surface area contributed by atoms with Crippen molar-refractivity contribution in [2.24, 2.45) is 5.73 Å². The highest BCUT2D eigenvalue weighted by Crippen LogP contribution is 2.41. The lowest BCUT2D eigenvalue weighted by atomic mass is 9.70. The smallest absolute Gasteiger partial charge is 0.416 e. The third-order valence-electron chi connectivity index (χ3n) is 4.79. The Morgan fingerprint density at radius 2 is 2.04 bits per heavy atom. The molecule has 1 aliphatic rings. The summed E-state index contributed by atoms with van der Waals surface area (Å²) in [5.74, 6) is -1.44. The number of carbonyl (C=O) groups is 1. The number of carboxylic acid groups (broad SMARTS) is 1. The van der Waals surface area contributed by atoms with Crippen molar-refractivity contribution in [3.8, 4) is 0 Å². The first-order chi connectivity index (χ1) is 12.7. The number of benzene rings is 1. The van der Waals surface area contributed by atoms with Crippen molar-refractivity contribution in [3.63, 3.8) is 0 Å². The van der Waals surface area contributed by atoms with E-state index in [0.717, 1.165) is 12.1 Å². The highest BCUT2D eigenvalue weighted by atomic mass is 19.4. The highest BCUT2D eigenvalue weighted by molar-refractivity contribution is 5.97. The van der Waals surface area contributed by atoms with Gasteiger partial charge < -0.3 is 15.8 Å². The SMILES string of the molecule is NCCC1(c2c(C(=O)O)c(=O)[nH]c3cc(C(F)(F)F)ccc23)C=CC=CC1. The minimum Gasteiger partial charge on any atom is -0.477 e. The minimum atomic E-state index is -4.58. The molecule has 5 nitrogen and oxygen atoms in total. The molecule has 0 amide bonds. The molecule has 0 aliphatic heterocycles. The summed E-state index contributed by atoms with van der Waals surface area (Å²) in [6.07, 6.45) is 3.23. The summed E-state index contributed by atoms with van der Waals surface area (Å²) < 4.78 is 39.2.